The molecular weight excluding hydrogens is 158 g/mol. The largest absolute Gasteiger partial charge is 0.348 e. The van der Waals surface area contributed by atoms with Crippen molar-refractivity contribution in [2.24, 2.45) is 11.8 Å². The smallest absolute Gasteiger partial charge is 0.0467 e. The SMILES string of the molecule is CC(C1CC1)(C1CC1)n1cccc1. The summed E-state index contributed by atoms with van der Waals surface area (Å²) in [5, 5.41) is 0. The number of aromatic nitrogens is 1. The molecule has 1 nitrogen and oxygen atoms in total. The van der Waals surface area contributed by atoms with E-state index in [1.165, 1.54) is 25.7 Å². The molecule has 0 bridgehead atoms. The first-order chi connectivity index (χ1) is 6.32. The lowest BCUT2D eigenvalue weighted by Crippen LogP contribution is -2.33. The van der Waals surface area contributed by atoms with Gasteiger partial charge in [0, 0.05) is 17.9 Å². The van der Waals surface area contributed by atoms with Gasteiger partial charge in [0.05, 0.1) is 0 Å². The van der Waals surface area contributed by atoms with Crippen molar-refractivity contribution in [1.29, 1.82) is 0 Å². The molecule has 0 N–H and O–H groups in total. The van der Waals surface area contributed by atoms with Gasteiger partial charge in [0.15, 0.2) is 0 Å². The van der Waals surface area contributed by atoms with E-state index in [4.69, 9.17) is 0 Å². The molecular formula is C12H17N. The zero-order chi connectivity index (χ0) is 8.89. The lowest BCUT2D eigenvalue weighted by atomic mass is 9.89. The first-order valence-corrected chi connectivity index (χ1v) is 5.45. The maximum atomic E-state index is 2.46. The Morgan fingerprint density at radius 2 is 1.46 bits per heavy atom. The highest BCUT2D eigenvalue weighted by Crippen LogP contribution is 2.56. The quantitative estimate of drug-likeness (QED) is 0.665. The summed E-state index contributed by atoms with van der Waals surface area (Å²) in [5.74, 6) is 1.93. The van der Waals surface area contributed by atoms with Crippen molar-refractivity contribution in [2.45, 2.75) is 38.1 Å². The molecule has 13 heavy (non-hydrogen) atoms. The van der Waals surface area contributed by atoms with Gasteiger partial charge in [-0.1, -0.05) is 0 Å². The number of rotatable bonds is 3. The van der Waals surface area contributed by atoms with Crippen LogP contribution in [0.1, 0.15) is 32.6 Å². The summed E-state index contributed by atoms with van der Waals surface area (Å²) in [4.78, 5) is 0. The van der Waals surface area contributed by atoms with Crippen LogP contribution < -0.4 is 0 Å². The maximum absolute atomic E-state index is 2.46. The van der Waals surface area contributed by atoms with Crippen molar-refractivity contribution in [3.63, 3.8) is 0 Å². The Kier molecular flexibility index (Phi) is 1.42. The van der Waals surface area contributed by atoms with Gasteiger partial charge < -0.3 is 4.57 Å². The standard InChI is InChI=1S/C12H17N/c1-12(10-4-5-10,11-6-7-11)13-8-2-3-9-13/h2-3,8-11H,4-7H2,1H3. The van der Waals surface area contributed by atoms with E-state index in [1.54, 1.807) is 0 Å². The predicted octanol–water partition coefficient (Wildman–Crippen LogP) is 3.02. The van der Waals surface area contributed by atoms with Crippen LogP contribution in [-0.4, -0.2) is 4.57 Å². The third-order valence-electron chi connectivity index (χ3n) is 3.97. The van der Waals surface area contributed by atoms with Gasteiger partial charge in [0.1, 0.15) is 0 Å². The van der Waals surface area contributed by atoms with E-state index in [-0.39, 0.29) is 0 Å². The third-order valence-corrected chi connectivity index (χ3v) is 3.97. The van der Waals surface area contributed by atoms with Gasteiger partial charge >= 0.3 is 0 Å². The summed E-state index contributed by atoms with van der Waals surface area (Å²) in [5.41, 5.74) is 0.462. The summed E-state index contributed by atoms with van der Waals surface area (Å²) in [6.45, 7) is 2.46. The van der Waals surface area contributed by atoms with E-state index >= 15 is 0 Å². The molecule has 2 aliphatic rings. The molecule has 0 unspecified atom stereocenters. The highest BCUT2D eigenvalue weighted by atomic mass is 15.1. The van der Waals surface area contributed by atoms with Crippen molar-refractivity contribution in [3.8, 4) is 0 Å². The first-order valence-electron chi connectivity index (χ1n) is 5.45. The lowest BCUT2D eigenvalue weighted by Gasteiger charge is -2.32. The highest BCUT2D eigenvalue weighted by molar-refractivity contribution is 5.08. The molecule has 1 heteroatoms. The summed E-state index contributed by atoms with van der Waals surface area (Å²) >= 11 is 0. The third kappa shape index (κ3) is 1.06. The second kappa shape index (κ2) is 2.40. The van der Waals surface area contributed by atoms with Crippen LogP contribution in [0.25, 0.3) is 0 Å². The molecule has 0 atom stereocenters. The normalized spacial score (nSPS) is 23.5. The van der Waals surface area contributed by atoms with Crippen LogP contribution in [0.2, 0.25) is 0 Å². The molecule has 70 valence electrons. The minimum atomic E-state index is 0.462. The Labute approximate surface area is 79.8 Å². The molecule has 0 aliphatic heterocycles. The van der Waals surface area contributed by atoms with E-state index in [0.717, 1.165) is 11.8 Å². The molecule has 2 saturated carbocycles. The van der Waals surface area contributed by atoms with E-state index < -0.39 is 0 Å². The van der Waals surface area contributed by atoms with Crippen LogP contribution in [0.3, 0.4) is 0 Å². The molecule has 1 aromatic heterocycles. The van der Waals surface area contributed by atoms with Gasteiger partial charge in [0.25, 0.3) is 0 Å². The number of hydrogen-bond acceptors (Lipinski definition) is 0. The molecule has 0 radical (unpaired) electrons. The fraction of sp³-hybridized carbons (Fsp3) is 0.667. The van der Waals surface area contributed by atoms with Gasteiger partial charge in [-0.2, -0.15) is 0 Å². The molecule has 0 spiro atoms. The summed E-state index contributed by atoms with van der Waals surface area (Å²) in [6.07, 6.45) is 10.3. The Morgan fingerprint density at radius 3 is 1.85 bits per heavy atom. The lowest BCUT2D eigenvalue weighted by molar-refractivity contribution is 0.228. The average molecular weight is 175 g/mol. The van der Waals surface area contributed by atoms with Gasteiger partial charge in [-0.05, 0) is 56.6 Å². The predicted molar refractivity (Wildman–Crippen MR) is 53.5 cm³/mol. The van der Waals surface area contributed by atoms with Crippen molar-refractivity contribution in [2.75, 3.05) is 0 Å². The van der Waals surface area contributed by atoms with Crippen molar-refractivity contribution >= 4 is 0 Å². The molecule has 1 heterocycles. The molecule has 2 fully saturated rings. The van der Waals surface area contributed by atoms with Crippen molar-refractivity contribution < 1.29 is 0 Å². The van der Waals surface area contributed by atoms with E-state index in [0.29, 0.717) is 5.54 Å². The first kappa shape index (κ1) is 7.66. The van der Waals surface area contributed by atoms with Crippen LogP contribution in [0.5, 0.6) is 0 Å². The monoisotopic (exact) mass is 175 g/mol. The van der Waals surface area contributed by atoms with Crippen LogP contribution in [0.15, 0.2) is 24.5 Å². The molecule has 3 rings (SSSR count). The van der Waals surface area contributed by atoms with Crippen LogP contribution >= 0.6 is 0 Å². The minimum Gasteiger partial charge on any atom is -0.348 e. The molecule has 1 aromatic rings. The van der Waals surface area contributed by atoms with E-state index in [1.807, 2.05) is 0 Å². The molecule has 0 saturated heterocycles. The van der Waals surface area contributed by atoms with Crippen LogP contribution in [0.4, 0.5) is 0 Å². The van der Waals surface area contributed by atoms with Gasteiger partial charge in [-0.25, -0.2) is 0 Å². The van der Waals surface area contributed by atoms with Crippen molar-refractivity contribution in [3.05, 3.63) is 24.5 Å². The molecule has 2 aliphatic carbocycles. The Morgan fingerprint density at radius 1 is 1.00 bits per heavy atom. The van der Waals surface area contributed by atoms with E-state index in [2.05, 4.69) is 36.0 Å². The summed E-state index contributed by atoms with van der Waals surface area (Å²) in [6, 6.07) is 4.31. The Bertz CT molecular complexity index is 279. The zero-order valence-corrected chi connectivity index (χ0v) is 8.24. The zero-order valence-electron chi connectivity index (χ0n) is 8.24. The molecule has 0 amide bonds. The summed E-state index contributed by atoms with van der Waals surface area (Å²) < 4.78 is 2.46. The fourth-order valence-electron chi connectivity index (χ4n) is 2.75. The number of hydrogen-bond donors (Lipinski definition) is 0. The van der Waals surface area contributed by atoms with E-state index in [9.17, 15) is 0 Å². The average Bonchev–Trinajstić information content (AvgIpc) is 3.01. The van der Waals surface area contributed by atoms with Crippen LogP contribution in [-0.2, 0) is 5.54 Å². The fourth-order valence-corrected chi connectivity index (χ4v) is 2.75. The van der Waals surface area contributed by atoms with Crippen molar-refractivity contribution in [1.82, 2.24) is 4.57 Å². The maximum Gasteiger partial charge on any atom is 0.0467 e. The Balaban J connectivity index is 1.97. The molecule has 0 aromatic carbocycles. The number of nitrogens with zero attached hydrogens (tertiary/aromatic N) is 1. The second-order valence-electron chi connectivity index (χ2n) is 4.86. The highest BCUT2D eigenvalue weighted by Gasteiger charge is 2.51. The second-order valence-corrected chi connectivity index (χ2v) is 4.86. The minimum absolute atomic E-state index is 0.462. The van der Waals surface area contributed by atoms with Gasteiger partial charge in [-0.15, -0.1) is 0 Å². The van der Waals surface area contributed by atoms with Gasteiger partial charge in [-0.3, -0.25) is 0 Å². The topological polar surface area (TPSA) is 4.93 Å². The van der Waals surface area contributed by atoms with Gasteiger partial charge in [0.2, 0.25) is 0 Å². The van der Waals surface area contributed by atoms with Crippen LogP contribution in [0, 0.1) is 11.8 Å². The Hall–Kier alpha value is -0.720. The summed E-state index contributed by atoms with van der Waals surface area (Å²) in [7, 11) is 0.